The predicted octanol–water partition coefficient (Wildman–Crippen LogP) is 4.89. The molecule has 112 valence electrons. The summed E-state index contributed by atoms with van der Waals surface area (Å²) in [4.78, 5) is 1.44. The highest BCUT2D eigenvalue weighted by molar-refractivity contribution is 7.99. The van der Waals surface area contributed by atoms with Crippen LogP contribution < -0.4 is 5.32 Å². The van der Waals surface area contributed by atoms with Crippen molar-refractivity contribution in [3.8, 4) is 0 Å². The molecular formula is C18H29NS. The van der Waals surface area contributed by atoms with Crippen molar-refractivity contribution in [3.63, 3.8) is 0 Å². The van der Waals surface area contributed by atoms with Gasteiger partial charge in [-0.3, -0.25) is 0 Å². The third kappa shape index (κ3) is 4.53. The van der Waals surface area contributed by atoms with Gasteiger partial charge in [-0.15, -0.1) is 11.8 Å². The molecule has 0 heterocycles. The number of hydrogen-bond donors (Lipinski definition) is 1. The molecule has 0 spiro atoms. The summed E-state index contributed by atoms with van der Waals surface area (Å²) < 4.78 is 0. The molecule has 1 aliphatic carbocycles. The first-order valence-electron chi connectivity index (χ1n) is 8.12. The van der Waals surface area contributed by atoms with Gasteiger partial charge in [-0.2, -0.15) is 0 Å². The molecule has 3 atom stereocenters. The standard InChI is InChI=1S/C18H29NS/c1-4-19-17(16-10-7-8-14(2)12-16)13-20-18-11-6-5-9-15(18)3/h5-6,9,11,14,16-17,19H,4,7-8,10,12-13H2,1-3H3. The van der Waals surface area contributed by atoms with Gasteiger partial charge in [-0.05, 0) is 49.8 Å². The molecule has 1 nitrogen and oxygen atoms in total. The molecule has 2 rings (SSSR count). The van der Waals surface area contributed by atoms with Crippen LogP contribution in [0.3, 0.4) is 0 Å². The fraction of sp³-hybridized carbons (Fsp3) is 0.667. The van der Waals surface area contributed by atoms with Crippen LogP contribution in [0.4, 0.5) is 0 Å². The molecule has 1 saturated carbocycles. The van der Waals surface area contributed by atoms with E-state index in [4.69, 9.17) is 0 Å². The van der Waals surface area contributed by atoms with Crippen LogP contribution in [-0.2, 0) is 0 Å². The first-order chi connectivity index (χ1) is 9.70. The van der Waals surface area contributed by atoms with Gasteiger partial charge in [-0.1, -0.05) is 44.9 Å². The molecule has 1 aromatic rings. The Hall–Kier alpha value is -0.470. The van der Waals surface area contributed by atoms with Gasteiger partial charge in [0.1, 0.15) is 0 Å². The average molecular weight is 292 g/mol. The van der Waals surface area contributed by atoms with Gasteiger partial charge in [-0.25, -0.2) is 0 Å². The van der Waals surface area contributed by atoms with Gasteiger partial charge < -0.3 is 5.32 Å². The van der Waals surface area contributed by atoms with E-state index in [9.17, 15) is 0 Å². The number of hydrogen-bond acceptors (Lipinski definition) is 2. The predicted molar refractivity (Wildman–Crippen MR) is 90.5 cm³/mol. The minimum absolute atomic E-state index is 0.673. The van der Waals surface area contributed by atoms with Gasteiger partial charge in [0.05, 0.1) is 0 Å². The Morgan fingerprint density at radius 3 is 2.80 bits per heavy atom. The van der Waals surface area contributed by atoms with E-state index >= 15 is 0 Å². The molecule has 0 amide bonds. The van der Waals surface area contributed by atoms with E-state index in [1.807, 2.05) is 11.8 Å². The monoisotopic (exact) mass is 291 g/mol. The molecular weight excluding hydrogens is 262 g/mol. The van der Waals surface area contributed by atoms with Crippen LogP contribution in [0.2, 0.25) is 0 Å². The maximum Gasteiger partial charge on any atom is 0.0189 e. The smallest absolute Gasteiger partial charge is 0.0189 e. The highest BCUT2D eigenvalue weighted by atomic mass is 32.2. The first-order valence-corrected chi connectivity index (χ1v) is 9.11. The normalized spacial score (nSPS) is 24.6. The first kappa shape index (κ1) is 15.9. The lowest BCUT2D eigenvalue weighted by atomic mass is 9.79. The molecule has 1 N–H and O–H groups in total. The van der Waals surface area contributed by atoms with Crippen LogP contribution >= 0.6 is 11.8 Å². The van der Waals surface area contributed by atoms with Crippen LogP contribution in [0, 0.1) is 18.8 Å². The highest BCUT2D eigenvalue weighted by Gasteiger charge is 2.26. The van der Waals surface area contributed by atoms with Crippen molar-refractivity contribution in [2.75, 3.05) is 12.3 Å². The van der Waals surface area contributed by atoms with Gasteiger partial charge in [0.2, 0.25) is 0 Å². The van der Waals surface area contributed by atoms with Crippen molar-refractivity contribution < 1.29 is 0 Å². The number of benzene rings is 1. The maximum absolute atomic E-state index is 3.74. The second kappa shape index (κ2) is 8.09. The van der Waals surface area contributed by atoms with Crippen molar-refractivity contribution >= 4 is 11.8 Å². The largest absolute Gasteiger partial charge is 0.313 e. The van der Waals surface area contributed by atoms with Crippen LogP contribution in [0.1, 0.15) is 45.1 Å². The molecule has 0 bridgehead atoms. The quantitative estimate of drug-likeness (QED) is 0.749. The zero-order chi connectivity index (χ0) is 14.4. The lowest BCUT2D eigenvalue weighted by Gasteiger charge is -2.33. The van der Waals surface area contributed by atoms with E-state index in [0.717, 1.165) is 18.4 Å². The average Bonchev–Trinajstić information content (AvgIpc) is 2.45. The Labute approximate surface area is 128 Å². The summed E-state index contributed by atoms with van der Waals surface area (Å²) in [6.07, 6.45) is 5.67. The summed E-state index contributed by atoms with van der Waals surface area (Å²) >= 11 is 2.03. The van der Waals surface area contributed by atoms with Gasteiger partial charge >= 0.3 is 0 Å². The third-order valence-electron chi connectivity index (χ3n) is 4.52. The van der Waals surface area contributed by atoms with Gasteiger partial charge in [0.15, 0.2) is 0 Å². The summed E-state index contributed by atoms with van der Waals surface area (Å²) in [5.74, 6) is 2.99. The highest BCUT2D eigenvalue weighted by Crippen LogP contribution is 2.33. The van der Waals surface area contributed by atoms with Crippen molar-refractivity contribution in [2.24, 2.45) is 11.8 Å². The van der Waals surface area contributed by atoms with Crippen LogP contribution in [0.25, 0.3) is 0 Å². The zero-order valence-electron chi connectivity index (χ0n) is 13.2. The Balaban J connectivity index is 1.93. The minimum atomic E-state index is 0.673. The van der Waals surface area contributed by atoms with Crippen LogP contribution in [0.15, 0.2) is 29.2 Å². The Kier molecular flexibility index (Phi) is 6.44. The molecule has 0 radical (unpaired) electrons. The van der Waals surface area contributed by atoms with Crippen LogP contribution in [0.5, 0.6) is 0 Å². The molecule has 1 fully saturated rings. The van der Waals surface area contributed by atoms with Crippen LogP contribution in [-0.4, -0.2) is 18.3 Å². The minimum Gasteiger partial charge on any atom is -0.313 e. The fourth-order valence-electron chi connectivity index (χ4n) is 3.37. The molecule has 2 heteroatoms. The van der Waals surface area contributed by atoms with E-state index < -0.39 is 0 Å². The lowest BCUT2D eigenvalue weighted by Crippen LogP contribution is -2.40. The maximum atomic E-state index is 3.74. The summed E-state index contributed by atoms with van der Waals surface area (Å²) in [7, 11) is 0. The Morgan fingerprint density at radius 1 is 1.30 bits per heavy atom. The van der Waals surface area contributed by atoms with E-state index in [0.29, 0.717) is 6.04 Å². The van der Waals surface area contributed by atoms with E-state index in [2.05, 4.69) is 50.4 Å². The second-order valence-corrected chi connectivity index (χ2v) is 7.33. The van der Waals surface area contributed by atoms with Crippen molar-refractivity contribution in [1.82, 2.24) is 5.32 Å². The number of thioether (sulfide) groups is 1. The molecule has 20 heavy (non-hydrogen) atoms. The number of nitrogens with one attached hydrogen (secondary N) is 1. The third-order valence-corrected chi connectivity index (χ3v) is 5.82. The zero-order valence-corrected chi connectivity index (χ0v) is 14.0. The molecule has 0 aliphatic heterocycles. The lowest BCUT2D eigenvalue weighted by molar-refractivity contribution is 0.235. The molecule has 0 saturated heterocycles. The molecule has 1 aliphatic rings. The summed E-state index contributed by atoms with van der Waals surface area (Å²) in [5.41, 5.74) is 1.41. The SMILES string of the molecule is CCNC(CSc1ccccc1C)C1CCCC(C)C1. The summed E-state index contributed by atoms with van der Waals surface area (Å²) in [6.45, 7) is 7.96. The Morgan fingerprint density at radius 2 is 2.10 bits per heavy atom. The molecule has 3 unspecified atom stereocenters. The van der Waals surface area contributed by atoms with E-state index in [-0.39, 0.29) is 0 Å². The Bertz CT molecular complexity index is 404. The van der Waals surface area contributed by atoms with E-state index in [1.165, 1.54) is 41.9 Å². The van der Waals surface area contributed by atoms with Crippen molar-refractivity contribution in [3.05, 3.63) is 29.8 Å². The summed E-state index contributed by atoms with van der Waals surface area (Å²) in [5, 5.41) is 3.74. The molecule has 0 aromatic heterocycles. The van der Waals surface area contributed by atoms with E-state index in [1.54, 1.807) is 0 Å². The second-order valence-electron chi connectivity index (χ2n) is 6.27. The van der Waals surface area contributed by atoms with Crippen molar-refractivity contribution in [1.29, 1.82) is 0 Å². The number of aryl methyl sites for hydroxylation is 1. The fourth-order valence-corrected chi connectivity index (χ4v) is 4.59. The summed E-state index contributed by atoms with van der Waals surface area (Å²) in [6, 6.07) is 9.43. The van der Waals surface area contributed by atoms with Crippen molar-refractivity contribution in [2.45, 2.75) is 57.4 Å². The molecule has 1 aromatic carbocycles. The topological polar surface area (TPSA) is 12.0 Å². The number of rotatable bonds is 6. The van der Waals surface area contributed by atoms with Gasteiger partial charge in [0, 0.05) is 16.7 Å². The van der Waals surface area contributed by atoms with Gasteiger partial charge in [0.25, 0.3) is 0 Å².